The summed E-state index contributed by atoms with van der Waals surface area (Å²) in [6, 6.07) is 9.81. The number of aromatic amines is 1. The second-order valence-corrected chi connectivity index (χ2v) is 10.3. The number of anilines is 2. The molecule has 1 amide bonds. The highest BCUT2D eigenvalue weighted by Gasteiger charge is 2.45. The Bertz CT molecular complexity index is 1700. The van der Waals surface area contributed by atoms with Crippen LogP contribution in [0.15, 0.2) is 54.7 Å². The molecule has 41 heavy (non-hydrogen) atoms. The molecule has 2 heterocycles. The third kappa shape index (κ3) is 4.92. The molecule has 0 aliphatic carbocycles. The van der Waals surface area contributed by atoms with Gasteiger partial charge in [-0.2, -0.15) is 13.2 Å². The number of rotatable bonds is 4. The van der Waals surface area contributed by atoms with E-state index in [0.29, 0.717) is 11.6 Å². The van der Waals surface area contributed by atoms with Crippen LogP contribution in [-0.4, -0.2) is 27.6 Å². The average molecular weight is 575 g/mol. The lowest BCUT2D eigenvalue weighted by molar-refractivity contribution is -0.385. The van der Waals surface area contributed by atoms with E-state index in [0.717, 1.165) is 23.6 Å². The molecule has 214 valence electrons. The molecule has 13 heteroatoms. The van der Waals surface area contributed by atoms with Crippen molar-refractivity contribution < 1.29 is 36.4 Å². The quantitative estimate of drug-likeness (QED) is 0.130. The molecular weight excluding hydrogens is 551 g/mol. The lowest BCUT2D eigenvalue weighted by Gasteiger charge is -2.44. The molecular formula is C28H23F5N4O4. The SMILES string of the molecule is C[C@H]1c2c(cc(F)c(-c3cccc4cc[nH]c34)c2F)NC(C)(C)[C@@H]1OC(=O)Nc1ccc([N+](=O)[O-])cc1C(F)(F)F. The van der Waals surface area contributed by atoms with E-state index < -0.39 is 63.3 Å². The van der Waals surface area contributed by atoms with Gasteiger partial charge in [0.05, 0.1) is 32.8 Å². The monoisotopic (exact) mass is 574 g/mol. The van der Waals surface area contributed by atoms with E-state index in [1.807, 2.05) is 5.32 Å². The smallest absolute Gasteiger partial charge is 0.418 e. The van der Waals surface area contributed by atoms with E-state index in [9.17, 15) is 28.1 Å². The van der Waals surface area contributed by atoms with Gasteiger partial charge in [-0.1, -0.05) is 25.1 Å². The van der Waals surface area contributed by atoms with Crippen molar-refractivity contribution in [3.8, 4) is 11.1 Å². The van der Waals surface area contributed by atoms with Gasteiger partial charge in [0.1, 0.15) is 17.7 Å². The first-order chi connectivity index (χ1) is 19.2. The number of H-pyrrole nitrogens is 1. The minimum atomic E-state index is -5.02. The minimum absolute atomic E-state index is 0.0356. The van der Waals surface area contributed by atoms with E-state index in [2.05, 4.69) is 10.3 Å². The van der Waals surface area contributed by atoms with Crippen LogP contribution in [0.2, 0.25) is 0 Å². The zero-order valence-corrected chi connectivity index (χ0v) is 21.8. The summed E-state index contributed by atoms with van der Waals surface area (Å²) >= 11 is 0. The summed E-state index contributed by atoms with van der Waals surface area (Å²) in [6.45, 7) is 4.79. The fourth-order valence-corrected chi connectivity index (χ4v) is 5.41. The molecule has 0 unspecified atom stereocenters. The number of alkyl halides is 3. The van der Waals surface area contributed by atoms with Crippen molar-refractivity contribution in [2.45, 2.75) is 44.5 Å². The van der Waals surface area contributed by atoms with Crippen LogP contribution >= 0.6 is 0 Å². The third-order valence-corrected chi connectivity index (χ3v) is 7.18. The predicted molar refractivity (Wildman–Crippen MR) is 142 cm³/mol. The van der Waals surface area contributed by atoms with Crippen LogP contribution in [0.25, 0.3) is 22.0 Å². The van der Waals surface area contributed by atoms with Crippen LogP contribution < -0.4 is 10.6 Å². The van der Waals surface area contributed by atoms with Crippen molar-refractivity contribution in [3.63, 3.8) is 0 Å². The Morgan fingerprint density at radius 3 is 2.54 bits per heavy atom. The van der Waals surface area contributed by atoms with Crippen molar-refractivity contribution in [1.82, 2.24) is 4.98 Å². The Balaban J connectivity index is 1.49. The molecule has 0 fully saturated rings. The highest BCUT2D eigenvalue weighted by atomic mass is 19.4. The van der Waals surface area contributed by atoms with Crippen molar-refractivity contribution in [2.24, 2.45) is 0 Å². The van der Waals surface area contributed by atoms with Crippen LogP contribution in [0.5, 0.6) is 0 Å². The molecule has 3 aromatic carbocycles. The summed E-state index contributed by atoms with van der Waals surface area (Å²) in [5, 5.41) is 16.7. The molecule has 1 aromatic heterocycles. The van der Waals surface area contributed by atoms with Crippen LogP contribution in [0.4, 0.5) is 43.8 Å². The van der Waals surface area contributed by atoms with Crippen LogP contribution in [0, 0.1) is 21.7 Å². The Labute approximate surface area is 229 Å². The molecule has 0 saturated heterocycles. The molecule has 1 aliphatic rings. The lowest BCUT2D eigenvalue weighted by atomic mass is 9.77. The number of nitrogens with one attached hydrogen (secondary N) is 3. The highest BCUT2D eigenvalue weighted by molar-refractivity contribution is 5.95. The summed E-state index contributed by atoms with van der Waals surface area (Å²) in [4.78, 5) is 25.8. The topological polar surface area (TPSA) is 109 Å². The number of hydrogen-bond acceptors (Lipinski definition) is 5. The molecule has 1 aliphatic heterocycles. The Hall–Kier alpha value is -4.68. The third-order valence-electron chi connectivity index (χ3n) is 7.18. The number of carbonyl (C=O) groups is 1. The normalized spacial score (nSPS) is 18.0. The van der Waals surface area contributed by atoms with E-state index in [1.165, 1.54) is 0 Å². The second-order valence-electron chi connectivity index (χ2n) is 10.3. The summed E-state index contributed by atoms with van der Waals surface area (Å²) in [5.74, 6) is -2.55. The Kier molecular flexibility index (Phi) is 6.63. The van der Waals surface area contributed by atoms with Gasteiger partial charge in [-0.3, -0.25) is 15.4 Å². The van der Waals surface area contributed by atoms with Crippen LogP contribution in [0.1, 0.15) is 37.8 Å². The van der Waals surface area contributed by atoms with Gasteiger partial charge < -0.3 is 15.0 Å². The van der Waals surface area contributed by atoms with Gasteiger partial charge in [-0.25, -0.2) is 13.6 Å². The van der Waals surface area contributed by atoms with Crippen LogP contribution in [0.3, 0.4) is 0 Å². The van der Waals surface area contributed by atoms with Gasteiger partial charge in [-0.15, -0.1) is 0 Å². The van der Waals surface area contributed by atoms with E-state index in [4.69, 9.17) is 4.74 Å². The predicted octanol–water partition coefficient (Wildman–Crippen LogP) is 7.97. The molecule has 0 saturated carbocycles. The molecule has 2 atom stereocenters. The van der Waals surface area contributed by atoms with Gasteiger partial charge in [0, 0.05) is 41.1 Å². The van der Waals surface area contributed by atoms with Gasteiger partial charge in [0.25, 0.3) is 5.69 Å². The summed E-state index contributed by atoms with van der Waals surface area (Å²) in [6.07, 6.45) is -5.79. The zero-order chi connectivity index (χ0) is 29.9. The van der Waals surface area contributed by atoms with Gasteiger partial charge in [0.2, 0.25) is 0 Å². The molecule has 0 spiro atoms. The van der Waals surface area contributed by atoms with E-state index in [-0.39, 0.29) is 22.4 Å². The number of non-ortho nitro benzene ring substituents is 1. The second kappa shape index (κ2) is 9.75. The average Bonchev–Trinajstić information content (AvgIpc) is 3.35. The Morgan fingerprint density at radius 1 is 1.12 bits per heavy atom. The number of aromatic nitrogens is 1. The summed E-state index contributed by atoms with van der Waals surface area (Å²) < 4.78 is 77.8. The number of nitro groups is 1. The minimum Gasteiger partial charge on any atom is -0.443 e. The largest absolute Gasteiger partial charge is 0.443 e. The number of amides is 1. The maximum absolute atomic E-state index is 16.2. The van der Waals surface area contributed by atoms with Crippen molar-refractivity contribution in [1.29, 1.82) is 0 Å². The zero-order valence-electron chi connectivity index (χ0n) is 21.8. The number of nitrogens with zero attached hydrogens (tertiary/aromatic N) is 1. The number of halogens is 5. The summed E-state index contributed by atoms with van der Waals surface area (Å²) in [5.41, 5.74) is -3.39. The first-order valence-electron chi connectivity index (χ1n) is 12.4. The standard InChI is InChI=1S/C28H23F5N4O4/c1-13-21-20(12-18(29)22(23(21)30)16-6-4-5-14-9-10-34-24(14)16)36-27(2,3)25(13)41-26(38)35-19-8-7-15(37(39)40)11-17(19)28(31,32)33/h4-13,25,34,36H,1-3H3,(H,35,38)/t13-,25+/m0/s1. The molecule has 0 radical (unpaired) electrons. The lowest BCUT2D eigenvalue weighted by Crippen LogP contribution is -2.52. The molecule has 5 rings (SSSR count). The van der Waals surface area contributed by atoms with Crippen molar-refractivity contribution in [2.75, 3.05) is 10.6 Å². The maximum Gasteiger partial charge on any atom is 0.418 e. The first kappa shape index (κ1) is 27.9. The Morgan fingerprint density at radius 2 is 1.85 bits per heavy atom. The van der Waals surface area contributed by atoms with Crippen LogP contribution in [-0.2, 0) is 10.9 Å². The fraction of sp³-hybridized carbons (Fsp3) is 0.250. The van der Waals surface area contributed by atoms with Gasteiger partial charge in [0.15, 0.2) is 0 Å². The fourth-order valence-electron chi connectivity index (χ4n) is 5.41. The van der Waals surface area contributed by atoms with Gasteiger partial charge in [-0.05, 0) is 37.4 Å². The number of fused-ring (bicyclic) bond motifs is 2. The highest BCUT2D eigenvalue weighted by Crippen LogP contribution is 2.46. The molecule has 4 aromatic rings. The number of benzene rings is 3. The number of hydrogen-bond donors (Lipinski definition) is 3. The van der Waals surface area contributed by atoms with Crippen molar-refractivity contribution in [3.05, 3.63) is 87.6 Å². The molecule has 8 nitrogen and oxygen atoms in total. The number of para-hydroxylation sites is 1. The number of ether oxygens (including phenoxy) is 1. The van der Waals surface area contributed by atoms with Gasteiger partial charge >= 0.3 is 12.3 Å². The molecule has 3 N–H and O–H groups in total. The van der Waals surface area contributed by atoms with E-state index in [1.54, 1.807) is 51.2 Å². The maximum atomic E-state index is 16.2. The summed E-state index contributed by atoms with van der Waals surface area (Å²) in [7, 11) is 0. The number of nitro benzene ring substituents is 1. The van der Waals surface area contributed by atoms with Crippen molar-refractivity contribution >= 4 is 34.1 Å². The molecule has 0 bridgehead atoms. The van der Waals surface area contributed by atoms with E-state index >= 15 is 8.78 Å². The first-order valence-corrected chi connectivity index (χ1v) is 12.4. The number of carbonyl (C=O) groups excluding carboxylic acids is 1.